The molecule has 2 amide bonds. The van der Waals surface area contributed by atoms with Crippen molar-refractivity contribution in [3.8, 4) is 12.3 Å². The van der Waals surface area contributed by atoms with Crippen molar-refractivity contribution in [2.45, 2.75) is 44.9 Å². The van der Waals surface area contributed by atoms with Crippen LogP contribution in [0.5, 0.6) is 0 Å². The van der Waals surface area contributed by atoms with E-state index in [-0.39, 0.29) is 30.2 Å². The number of amides is 2. The minimum atomic E-state index is -0.822. The molecule has 2 aromatic rings. The Morgan fingerprint density at radius 3 is 2.46 bits per heavy atom. The van der Waals surface area contributed by atoms with E-state index in [9.17, 15) is 19.5 Å². The number of piperidine rings is 1. The first-order chi connectivity index (χ1) is 17.7. The molecule has 0 bridgehead atoms. The van der Waals surface area contributed by atoms with Crippen molar-refractivity contribution in [2.75, 3.05) is 26.2 Å². The highest BCUT2D eigenvalue weighted by molar-refractivity contribution is 6.30. The Kier molecular flexibility index (Phi) is 8.24. The molecule has 0 radical (unpaired) electrons. The normalized spacial score (nSPS) is 20.4. The van der Waals surface area contributed by atoms with Gasteiger partial charge in [-0.2, -0.15) is 0 Å². The minimum absolute atomic E-state index is 0.0540. The van der Waals surface area contributed by atoms with E-state index in [1.54, 1.807) is 9.80 Å². The van der Waals surface area contributed by atoms with Crippen LogP contribution in [-0.4, -0.2) is 58.9 Å². The average Bonchev–Trinajstić information content (AvgIpc) is 2.98. The zero-order valence-electron chi connectivity index (χ0n) is 21.3. The first-order valence-corrected chi connectivity index (χ1v) is 13.2. The molecular weight excluding hydrogens is 488 g/mol. The SMILES string of the molecule is C#Cc1ccccc1C1CN(CC(=O)N2CCC(C(=O)O)CC2)C(=O)C(CC(C)C)c2ccc(Cl)cc21. The van der Waals surface area contributed by atoms with E-state index in [4.69, 9.17) is 18.0 Å². The molecule has 1 fully saturated rings. The number of carbonyl (C=O) groups excluding carboxylic acids is 2. The average molecular weight is 521 g/mol. The van der Waals surface area contributed by atoms with Gasteiger partial charge >= 0.3 is 5.97 Å². The van der Waals surface area contributed by atoms with Gasteiger partial charge in [-0.3, -0.25) is 14.4 Å². The van der Waals surface area contributed by atoms with Gasteiger partial charge in [0.1, 0.15) is 0 Å². The zero-order chi connectivity index (χ0) is 26.7. The summed E-state index contributed by atoms with van der Waals surface area (Å²) in [4.78, 5) is 42.1. The van der Waals surface area contributed by atoms with Crippen molar-refractivity contribution in [3.05, 3.63) is 69.7 Å². The third-order valence-electron chi connectivity index (χ3n) is 7.53. The minimum Gasteiger partial charge on any atom is -0.481 e. The number of hydrogen-bond donors (Lipinski definition) is 1. The fourth-order valence-corrected chi connectivity index (χ4v) is 5.79. The number of carbonyl (C=O) groups is 3. The topological polar surface area (TPSA) is 77.9 Å². The molecule has 1 N–H and O–H groups in total. The molecule has 2 unspecified atom stereocenters. The second-order valence-electron chi connectivity index (χ2n) is 10.5. The summed E-state index contributed by atoms with van der Waals surface area (Å²) in [7, 11) is 0. The molecule has 2 aromatic carbocycles. The van der Waals surface area contributed by atoms with Gasteiger partial charge in [-0.25, -0.2) is 0 Å². The number of likely N-dealkylation sites (tertiary alicyclic amines) is 1. The third kappa shape index (κ3) is 5.83. The monoisotopic (exact) mass is 520 g/mol. The summed E-state index contributed by atoms with van der Waals surface area (Å²) in [5, 5.41) is 9.88. The highest BCUT2D eigenvalue weighted by atomic mass is 35.5. The highest BCUT2D eigenvalue weighted by Gasteiger charge is 2.38. The van der Waals surface area contributed by atoms with Crippen molar-refractivity contribution >= 4 is 29.4 Å². The van der Waals surface area contributed by atoms with Crippen LogP contribution in [0, 0.1) is 24.2 Å². The molecule has 0 aromatic heterocycles. The van der Waals surface area contributed by atoms with E-state index < -0.39 is 17.8 Å². The Hall–Kier alpha value is -3.30. The Labute approximate surface area is 223 Å². The van der Waals surface area contributed by atoms with Gasteiger partial charge in [0, 0.05) is 36.1 Å². The van der Waals surface area contributed by atoms with Crippen molar-refractivity contribution < 1.29 is 19.5 Å². The number of rotatable bonds is 6. The Balaban J connectivity index is 1.71. The van der Waals surface area contributed by atoms with Crippen LogP contribution < -0.4 is 0 Å². The summed E-state index contributed by atoms with van der Waals surface area (Å²) >= 11 is 6.46. The summed E-state index contributed by atoms with van der Waals surface area (Å²) in [6.07, 6.45) is 7.34. The molecule has 4 rings (SSSR count). The number of benzene rings is 2. The standard InChI is InChI=1S/C30H33ClN2O4/c1-4-20-7-5-6-8-23(20)27-17-33(18-28(34)32-13-11-21(12-14-32)30(36)37)29(35)26(15-19(2)3)24-10-9-22(31)16-25(24)27/h1,5-10,16,19,21,26-27H,11-15,17-18H2,2-3H3,(H,36,37). The number of nitrogens with zero attached hydrogens (tertiary/aromatic N) is 2. The van der Waals surface area contributed by atoms with Gasteiger partial charge in [0.15, 0.2) is 0 Å². The Morgan fingerprint density at radius 2 is 1.81 bits per heavy atom. The van der Waals surface area contributed by atoms with Crippen molar-refractivity contribution in [3.63, 3.8) is 0 Å². The van der Waals surface area contributed by atoms with Crippen LogP contribution in [-0.2, 0) is 14.4 Å². The number of hydrogen-bond acceptors (Lipinski definition) is 3. The van der Waals surface area contributed by atoms with E-state index in [0.717, 1.165) is 22.3 Å². The predicted octanol–water partition coefficient (Wildman–Crippen LogP) is 4.75. The highest BCUT2D eigenvalue weighted by Crippen LogP contribution is 2.41. The quantitative estimate of drug-likeness (QED) is 0.558. The van der Waals surface area contributed by atoms with E-state index in [2.05, 4.69) is 19.8 Å². The number of fused-ring (bicyclic) bond motifs is 1. The van der Waals surface area contributed by atoms with Crippen LogP contribution in [0.4, 0.5) is 0 Å². The lowest BCUT2D eigenvalue weighted by Gasteiger charge is -2.33. The van der Waals surface area contributed by atoms with Gasteiger partial charge in [0.25, 0.3) is 0 Å². The fraction of sp³-hybridized carbons (Fsp3) is 0.433. The van der Waals surface area contributed by atoms with Crippen LogP contribution in [0.1, 0.15) is 67.2 Å². The first-order valence-electron chi connectivity index (χ1n) is 12.8. The maximum Gasteiger partial charge on any atom is 0.306 e. The molecule has 6 nitrogen and oxygen atoms in total. The lowest BCUT2D eigenvalue weighted by Crippen LogP contribution is -2.47. The summed E-state index contributed by atoms with van der Waals surface area (Å²) in [6.45, 7) is 5.18. The molecule has 2 aliphatic heterocycles. The largest absolute Gasteiger partial charge is 0.481 e. The maximum atomic E-state index is 14.0. The smallest absolute Gasteiger partial charge is 0.306 e. The van der Waals surface area contributed by atoms with Crippen molar-refractivity contribution in [2.24, 2.45) is 11.8 Å². The summed E-state index contributed by atoms with van der Waals surface area (Å²) in [6, 6.07) is 13.4. The van der Waals surface area contributed by atoms with Crippen LogP contribution in [0.2, 0.25) is 5.02 Å². The van der Waals surface area contributed by atoms with Gasteiger partial charge in [-0.1, -0.05) is 55.6 Å². The third-order valence-corrected chi connectivity index (χ3v) is 7.77. The van der Waals surface area contributed by atoms with Crippen molar-refractivity contribution in [1.82, 2.24) is 9.80 Å². The van der Waals surface area contributed by atoms with E-state index in [0.29, 0.717) is 43.9 Å². The summed E-state index contributed by atoms with van der Waals surface area (Å²) < 4.78 is 0. The van der Waals surface area contributed by atoms with Gasteiger partial charge in [-0.15, -0.1) is 6.42 Å². The maximum absolute atomic E-state index is 14.0. The molecule has 37 heavy (non-hydrogen) atoms. The van der Waals surface area contributed by atoms with Crippen LogP contribution >= 0.6 is 11.6 Å². The Bertz CT molecular complexity index is 1230. The molecule has 0 aliphatic carbocycles. The number of halogens is 1. The van der Waals surface area contributed by atoms with Gasteiger partial charge < -0.3 is 14.9 Å². The molecule has 2 atom stereocenters. The number of carboxylic acids is 1. The molecule has 2 aliphatic rings. The Morgan fingerprint density at radius 1 is 1.11 bits per heavy atom. The van der Waals surface area contributed by atoms with E-state index in [1.807, 2.05) is 42.5 Å². The van der Waals surface area contributed by atoms with E-state index in [1.165, 1.54) is 0 Å². The number of aliphatic carboxylic acids is 1. The molecule has 2 heterocycles. The second-order valence-corrected chi connectivity index (χ2v) is 10.9. The molecule has 0 spiro atoms. The molecular formula is C30H33ClN2O4. The van der Waals surface area contributed by atoms with Crippen LogP contribution in [0.25, 0.3) is 0 Å². The van der Waals surface area contributed by atoms with Crippen LogP contribution in [0.15, 0.2) is 42.5 Å². The molecule has 194 valence electrons. The second kappa shape index (κ2) is 11.4. The van der Waals surface area contributed by atoms with Crippen molar-refractivity contribution in [1.29, 1.82) is 0 Å². The van der Waals surface area contributed by atoms with Gasteiger partial charge in [0.05, 0.1) is 18.4 Å². The lowest BCUT2D eigenvalue weighted by atomic mass is 9.81. The van der Waals surface area contributed by atoms with Gasteiger partial charge in [-0.05, 0) is 60.1 Å². The van der Waals surface area contributed by atoms with Gasteiger partial charge in [0.2, 0.25) is 11.8 Å². The zero-order valence-corrected chi connectivity index (χ0v) is 22.1. The lowest BCUT2D eigenvalue weighted by molar-refractivity contribution is -0.147. The summed E-state index contributed by atoms with van der Waals surface area (Å²) in [5.74, 6) is 0.908. The summed E-state index contributed by atoms with van der Waals surface area (Å²) in [5.41, 5.74) is 3.56. The van der Waals surface area contributed by atoms with E-state index >= 15 is 0 Å². The number of terminal acetylenes is 1. The first kappa shape index (κ1) is 26.8. The molecule has 7 heteroatoms. The predicted molar refractivity (Wildman–Crippen MR) is 143 cm³/mol. The molecule has 0 saturated carbocycles. The fourth-order valence-electron chi connectivity index (χ4n) is 5.61. The van der Waals surface area contributed by atoms with Crippen LogP contribution in [0.3, 0.4) is 0 Å². The molecule has 1 saturated heterocycles. The number of carboxylic acid groups (broad SMARTS) is 1.